The Kier molecular flexibility index (Phi) is 5.97. The molecule has 2 N–H and O–H groups in total. The van der Waals surface area contributed by atoms with Crippen molar-refractivity contribution in [1.82, 2.24) is 4.90 Å². The molecule has 0 aliphatic heterocycles. The maximum absolute atomic E-state index is 11.8. The molecule has 0 heterocycles. The Balaban J connectivity index is 5.68. The van der Waals surface area contributed by atoms with Crippen LogP contribution in [-0.4, -0.2) is 64.1 Å². The van der Waals surface area contributed by atoms with Gasteiger partial charge in [0.05, 0.1) is 5.75 Å². The van der Waals surface area contributed by atoms with Gasteiger partial charge in [0.15, 0.2) is 9.84 Å². The lowest BCUT2D eigenvalue weighted by molar-refractivity contribution is -0.148. The number of rotatable bonds is 6. The van der Waals surface area contributed by atoms with Crippen LogP contribution >= 0.6 is 0 Å². The molecule has 0 spiro atoms. The van der Waals surface area contributed by atoms with Gasteiger partial charge in [-0.15, -0.1) is 0 Å². The minimum absolute atomic E-state index is 0.597. The monoisotopic (exact) mass is 323 g/mol. The van der Waals surface area contributed by atoms with Gasteiger partial charge < -0.3 is 10.2 Å². The summed E-state index contributed by atoms with van der Waals surface area (Å²) < 4.78 is 23.7. The molecule has 0 aromatic rings. The molecular formula is C13H25NO6S. The van der Waals surface area contributed by atoms with Crippen molar-refractivity contribution in [2.45, 2.75) is 58.7 Å². The predicted octanol–water partition coefficient (Wildman–Crippen LogP) is 0.838. The molecule has 0 aromatic carbocycles. The van der Waals surface area contributed by atoms with Crippen molar-refractivity contribution >= 4 is 21.8 Å². The SMILES string of the molecule is CC(C)(C)N([C@@H](CS(=O)(=O)CC(=O)O)C(=O)O)C(C)(C)C. The van der Waals surface area contributed by atoms with Gasteiger partial charge >= 0.3 is 11.9 Å². The molecule has 0 amide bonds. The molecule has 7 nitrogen and oxygen atoms in total. The van der Waals surface area contributed by atoms with Gasteiger partial charge in [0, 0.05) is 11.1 Å². The molecule has 0 unspecified atom stereocenters. The molecule has 0 aliphatic carbocycles. The van der Waals surface area contributed by atoms with Crippen molar-refractivity contribution in [2.24, 2.45) is 0 Å². The second-order valence-corrected chi connectivity index (χ2v) is 9.12. The molecule has 1 atom stereocenters. The maximum Gasteiger partial charge on any atom is 0.322 e. The number of carboxylic acid groups (broad SMARTS) is 2. The summed E-state index contributed by atoms with van der Waals surface area (Å²) in [6.45, 7) is 10.7. The van der Waals surface area contributed by atoms with Gasteiger partial charge in [-0.3, -0.25) is 14.5 Å². The van der Waals surface area contributed by atoms with Gasteiger partial charge in [0.25, 0.3) is 0 Å². The topological polar surface area (TPSA) is 112 Å². The Morgan fingerprint density at radius 2 is 1.38 bits per heavy atom. The van der Waals surface area contributed by atoms with E-state index in [9.17, 15) is 23.1 Å². The van der Waals surface area contributed by atoms with Crippen molar-refractivity contribution in [3.8, 4) is 0 Å². The summed E-state index contributed by atoms with van der Waals surface area (Å²) in [6, 6.07) is -1.31. The Hall–Kier alpha value is -1.15. The van der Waals surface area contributed by atoms with Crippen molar-refractivity contribution in [3.05, 3.63) is 0 Å². The third-order valence-electron chi connectivity index (χ3n) is 2.80. The third kappa shape index (κ3) is 6.43. The largest absolute Gasteiger partial charge is 0.480 e. The number of carbonyl (C=O) groups is 2. The molecule has 21 heavy (non-hydrogen) atoms. The summed E-state index contributed by atoms with van der Waals surface area (Å²) in [7, 11) is -4.01. The molecule has 8 heteroatoms. The van der Waals surface area contributed by atoms with Crippen molar-refractivity contribution < 1.29 is 28.2 Å². The average Bonchev–Trinajstić information content (AvgIpc) is 2.08. The molecule has 0 bridgehead atoms. The summed E-state index contributed by atoms with van der Waals surface area (Å²) in [6.07, 6.45) is 0. The Bertz CT molecular complexity index is 484. The predicted molar refractivity (Wildman–Crippen MR) is 79.1 cm³/mol. The second-order valence-electron chi connectivity index (χ2n) is 7.01. The Morgan fingerprint density at radius 1 is 1.00 bits per heavy atom. The Morgan fingerprint density at radius 3 is 1.62 bits per heavy atom. The number of nitrogens with zero attached hydrogens (tertiary/aromatic N) is 1. The first kappa shape index (κ1) is 19.9. The van der Waals surface area contributed by atoms with Crippen LogP contribution in [0, 0.1) is 0 Å². The molecule has 0 radical (unpaired) electrons. The zero-order valence-corrected chi connectivity index (χ0v) is 14.2. The van der Waals surface area contributed by atoms with E-state index in [1.165, 1.54) is 0 Å². The van der Waals surface area contributed by atoms with Gasteiger partial charge in [-0.2, -0.15) is 0 Å². The second kappa shape index (κ2) is 6.31. The number of hydrogen-bond donors (Lipinski definition) is 2. The number of carboxylic acids is 2. The van der Waals surface area contributed by atoms with E-state index >= 15 is 0 Å². The lowest BCUT2D eigenvalue weighted by atomic mass is 9.93. The highest BCUT2D eigenvalue weighted by Gasteiger charge is 2.42. The fourth-order valence-corrected chi connectivity index (χ4v) is 3.95. The molecule has 0 aromatic heterocycles. The minimum Gasteiger partial charge on any atom is -0.480 e. The fraction of sp³-hybridized carbons (Fsp3) is 0.846. The van der Waals surface area contributed by atoms with E-state index in [0.717, 1.165) is 0 Å². The number of aliphatic carboxylic acids is 2. The summed E-state index contributed by atoms with van der Waals surface area (Å²) in [4.78, 5) is 23.7. The van der Waals surface area contributed by atoms with Gasteiger partial charge in [-0.1, -0.05) is 0 Å². The lowest BCUT2D eigenvalue weighted by Crippen LogP contribution is -2.61. The van der Waals surface area contributed by atoms with Gasteiger partial charge in [0.2, 0.25) is 0 Å². The van der Waals surface area contributed by atoms with Crippen molar-refractivity contribution in [1.29, 1.82) is 0 Å². The van der Waals surface area contributed by atoms with E-state index in [2.05, 4.69) is 0 Å². The van der Waals surface area contributed by atoms with Crippen LogP contribution in [0.4, 0.5) is 0 Å². The smallest absolute Gasteiger partial charge is 0.322 e. The van der Waals surface area contributed by atoms with Crippen LogP contribution in [-0.2, 0) is 19.4 Å². The first-order valence-corrected chi connectivity index (χ1v) is 8.34. The Labute approximate surface area is 125 Å². The van der Waals surface area contributed by atoms with Crippen LogP contribution in [0.5, 0.6) is 0 Å². The molecule has 0 saturated carbocycles. The van der Waals surface area contributed by atoms with E-state index < -0.39 is 50.4 Å². The maximum atomic E-state index is 11.8. The van der Waals surface area contributed by atoms with Crippen LogP contribution in [0.15, 0.2) is 0 Å². The van der Waals surface area contributed by atoms with Gasteiger partial charge in [-0.25, -0.2) is 8.42 Å². The van der Waals surface area contributed by atoms with Crippen LogP contribution < -0.4 is 0 Å². The molecule has 0 fully saturated rings. The first-order valence-electron chi connectivity index (χ1n) is 6.52. The average molecular weight is 323 g/mol. The molecule has 124 valence electrons. The van der Waals surface area contributed by atoms with E-state index in [0.29, 0.717) is 0 Å². The van der Waals surface area contributed by atoms with Gasteiger partial charge in [-0.05, 0) is 41.5 Å². The zero-order chi connectivity index (χ0) is 17.2. The third-order valence-corrected chi connectivity index (χ3v) is 4.31. The molecule has 0 aliphatic rings. The fourth-order valence-electron chi connectivity index (χ4n) is 2.69. The van der Waals surface area contributed by atoms with Crippen molar-refractivity contribution in [2.75, 3.05) is 11.5 Å². The highest BCUT2D eigenvalue weighted by atomic mass is 32.2. The summed E-state index contributed by atoms with van der Waals surface area (Å²) in [5.74, 6) is -4.58. The lowest BCUT2D eigenvalue weighted by Gasteiger charge is -2.48. The van der Waals surface area contributed by atoms with E-state index in [-0.39, 0.29) is 0 Å². The van der Waals surface area contributed by atoms with Crippen LogP contribution in [0.1, 0.15) is 41.5 Å². The normalized spacial score (nSPS) is 15.0. The molecule has 0 saturated heterocycles. The zero-order valence-electron chi connectivity index (χ0n) is 13.4. The summed E-state index contributed by atoms with van der Waals surface area (Å²) in [5, 5.41) is 18.0. The minimum atomic E-state index is -4.01. The van der Waals surface area contributed by atoms with E-state index in [1.807, 2.05) is 0 Å². The van der Waals surface area contributed by atoms with E-state index in [1.54, 1.807) is 46.4 Å². The summed E-state index contributed by atoms with van der Waals surface area (Å²) >= 11 is 0. The van der Waals surface area contributed by atoms with E-state index in [4.69, 9.17) is 5.11 Å². The molecule has 0 rings (SSSR count). The standard InChI is InChI=1S/C13H25NO6S/c1-12(2,3)14(13(4,5)6)9(11(17)18)7-21(19,20)8-10(15)16/h9H,7-8H2,1-6H3,(H,15,16)(H,17,18)/t9-/m0/s1. The van der Waals surface area contributed by atoms with Crippen molar-refractivity contribution in [3.63, 3.8) is 0 Å². The van der Waals surface area contributed by atoms with Crippen LogP contribution in [0.3, 0.4) is 0 Å². The highest BCUT2D eigenvalue weighted by molar-refractivity contribution is 7.92. The number of sulfone groups is 1. The summed E-state index contributed by atoms with van der Waals surface area (Å²) in [5.41, 5.74) is -1.19. The first-order chi connectivity index (χ1) is 9.08. The quantitative estimate of drug-likeness (QED) is 0.744. The number of hydrogen-bond acceptors (Lipinski definition) is 5. The van der Waals surface area contributed by atoms with Crippen LogP contribution in [0.2, 0.25) is 0 Å². The highest BCUT2D eigenvalue weighted by Crippen LogP contribution is 2.28. The molecular weight excluding hydrogens is 298 g/mol. The van der Waals surface area contributed by atoms with Crippen LogP contribution in [0.25, 0.3) is 0 Å². The van der Waals surface area contributed by atoms with Gasteiger partial charge in [0.1, 0.15) is 11.8 Å².